The minimum atomic E-state index is -1.04. The third kappa shape index (κ3) is 1.86. The van der Waals surface area contributed by atoms with Gasteiger partial charge in [0.1, 0.15) is 9.17 Å². The van der Waals surface area contributed by atoms with Crippen molar-refractivity contribution in [1.29, 1.82) is 0 Å². The smallest absolute Gasteiger partial charge is 0.126 e. The van der Waals surface area contributed by atoms with E-state index in [0.717, 1.165) is 5.57 Å². The average molecular weight is 377 g/mol. The summed E-state index contributed by atoms with van der Waals surface area (Å²) in [6.45, 7) is 0. The third-order valence-electron chi connectivity index (χ3n) is 3.98. The van der Waals surface area contributed by atoms with Crippen LogP contribution in [0.4, 0.5) is 0 Å². The first-order valence-corrected chi connectivity index (χ1v) is 8.04. The summed E-state index contributed by atoms with van der Waals surface area (Å²) in [6.07, 6.45) is 0.711. The van der Waals surface area contributed by atoms with E-state index in [1.165, 1.54) is 5.54 Å². The van der Waals surface area contributed by atoms with Crippen LogP contribution in [0.25, 0.3) is 0 Å². The quantitative estimate of drug-likeness (QED) is 0.552. The van der Waals surface area contributed by atoms with Crippen LogP contribution in [0.5, 0.6) is 0 Å². The lowest BCUT2D eigenvalue weighted by Crippen LogP contribution is -2.49. The maximum atomic E-state index is 6.32. The summed E-state index contributed by atoms with van der Waals surface area (Å²) < 4.78 is -1.04. The first-order valence-electron chi connectivity index (χ1n) is 5.00. The van der Waals surface area contributed by atoms with Crippen molar-refractivity contribution in [3.8, 4) is 0 Å². The first kappa shape index (κ1) is 15.2. The first-order chi connectivity index (χ1) is 7.83. The summed E-state index contributed by atoms with van der Waals surface area (Å²) in [7, 11) is 0. The molecule has 0 aliphatic heterocycles. The Bertz CT molecular complexity index is 351. The van der Waals surface area contributed by atoms with E-state index in [-0.39, 0.29) is 17.7 Å². The van der Waals surface area contributed by atoms with Gasteiger partial charge < -0.3 is 0 Å². The molecule has 0 spiro atoms. The Morgan fingerprint density at radius 2 is 1.94 bits per heavy atom. The summed E-state index contributed by atoms with van der Waals surface area (Å²) in [5, 5.41) is -0.435. The number of allylic oxidation sites excluding steroid dienone is 1. The molecule has 2 fully saturated rings. The molecule has 0 aromatic rings. The number of halogens is 7. The van der Waals surface area contributed by atoms with Crippen LogP contribution in [-0.4, -0.2) is 20.4 Å². The maximum absolute atomic E-state index is 6.32. The molecule has 0 aromatic heterocycles. The fourth-order valence-corrected chi connectivity index (χ4v) is 5.98. The molecule has 17 heavy (non-hydrogen) atoms. The minimum absolute atomic E-state index is 0.0633. The van der Waals surface area contributed by atoms with Gasteiger partial charge in [-0.2, -0.15) is 0 Å². The Labute approximate surface area is 135 Å². The number of alkyl halides is 6. The van der Waals surface area contributed by atoms with Crippen molar-refractivity contribution in [2.75, 3.05) is 5.88 Å². The summed E-state index contributed by atoms with van der Waals surface area (Å²) in [5.74, 6) is 0.0403. The lowest BCUT2D eigenvalue weighted by Gasteiger charge is -2.45. The number of rotatable bonds is 2. The second-order valence-electron chi connectivity index (χ2n) is 4.51. The van der Waals surface area contributed by atoms with Gasteiger partial charge in [0.15, 0.2) is 0 Å². The maximum Gasteiger partial charge on any atom is 0.141 e. The van der Waals surface area contributed by atoms with Gasteiger partial charge in [-0.25, -0.2) is 0 Å². The molecule has 2 unspecified atom stereocenters. The molecule has 98 valence electrons. The zero-order chi connectivity index (χ0) is 13.0. The van der Waals surface area contributed by atoms with Gasteiger partial charge in [-0.1, -0.05) is 34.8 Å². The van der Waals surface area contributed by atoms with Crippen LogP contribution in [0.3, 0.4) is 0 Å². The monoisotopic (exact) mass is 374 g/mol. The van der Waals surface area contributed by atoms with Crippen molar-refractivity contribution >= 4 is 81.2 Å². The van der Waals surface area contributed by atoms with E-state index >= 15 is 0 Å². The molecular weight excluding hydrogens is 368 g/mol. The van der Waals surface area contributed by atoms with Gasteiger partial charge in [-0.15, -0.1) is 46.4 Å². The van der Waals surface area contributed by atoms with Crippen LogP contribution >= 0.6 is 81.2 Å². The molecule has 2 aliphatic carbocycles. The highest BCUT2D eigenvalue weighted by Gasteiger charge is 2.69. The van der Waals surface area contributed by atoms with Crippen molar-refractivity contribution in [3.05, 3.63) is 11.1 Å². The highest BCUT2D eigenvalue weighted by Crippen LogP contribution is 2.70. The Kier molecular flexibility index (Phi) is 4.42. The van der Waals surface area contributed by atoms with Crippen LogP contribution in [-0.2, 0) is 0 Å². The van der Waals surface area contributed by atoms with Crippen LogP contribution in [0, 0.1) is 17.3 Å². The molecule has 0 heterocycles. The average Bonchev–Trinajstić information content (AvgIpc) is 2.72. The topological polar surface area (TPSA) is 0 Å². The Morgan fingerprint density at radius 3 is 2.35 bits per heavy atom. The van der Waals surface area contributed by atoms with Gasteiger partial charge in [0, 0.05) is 22.7 Å². The zero-order valence-corrected chi connectivity index (χ0v) is 13.7. The summed E-state index contributed by atoms with van der Waals surface area (Å²) >= 11 is 43.0. The van der Waals surface area contributed by atoms with Crippen LogP contribution in [0.2, 0.25) is 0 Å². The molecule has 2 rings (SSSR count). The molecule has 4 atom stereocenters. The Hall–Kier alpha value is 1.77. The predicted molar refractivity (Wildman–Crippen MR) is 78.3 cm³/mol. The van der Waals surface area contributed by atoms with E-state index in [4.69, 9.17) is 81.2 Å². The van der Waals surface area contributed by atoms with E-state index in [0.29, 0.717) is 6.42 Å². The molecule has 0 nitrogen and oxygen atoms in total. The molecule has 0 saturated heterocycles. The predicted octanol–water partition coefficient (Wildman–Crippen LogP) is 5.57. The molecule has 2 bridgehead atoms. The zero-order valence-electron chi connectivity index (χ0n) is 8.45. The lowest BCUT2D eigenvalue weighted by atomic mass is 9.72. The Balaban J connectivity index is 2.53. The van der Waals surface area contributed by atoms with E-state index < -0.39 is 20.0 Å². The number of hydrogen-bond acceptors (Lipinski definition) is 0. The van der Waals surface area contributed by atoms with E-state index in [1.54, 1.807) is 0 Å². The minimum Gasteiger partial charge on any atom is -0.126 e. The highest BCUT2D eigenvalue weighted by atomic mass is 35.5. The summed E-state index contributed by atoms with van der Waals surface area (Å²) in [4.78, 5) is -0.689. The standard InChI is InChI=1S/C10H9Cl7/c11-2-6-4-1-5(7(13)10(4,16)17)9(6,3-12)8(14)15/h2,4-5,7-8H,1,3H2/b6-2+/t4?,5?,7-,9+/m0/s1. The van der Waals surface area contributed by atoms with Crippen LogP contribution < -0.4 is 0 Å². The molecule has 0 amide bonds. The van der Waals surface area contributed by atoms with Gasteiger partial charge in [0.25, 0.3) is 0 Å². The Morgan fingerprint density at radius 1 is 1.35 bits per heavy atom. The molecule has 0 aromatic carbocycles. The normalized spacial score (nSPS) is 46.1. The van der Waals surface area contributed by atoms with E-state index in [9.17, 15) is 0 Å². The third-order valence-corrected chi connectivity index (χ3v) is 7.30. The molecule has 7 heteroatoms. The van der Waals surface area contributed by atoms with Crippen LogP contribution in [0.1, 0.15) is 6.42 Å². The van der Waals surface area contributed by atoms with E-state index in [2.05, 4.69) is 0 Å². The molecule has 2 aliphatic rings. The van der Waals surface area contributed by atoms with Gasteiger partial charge >= 0.3 is 0 Å². The van der Waals surface area contributed by atoms with Gasteiger partial charge in [0.05, 0.1) is 5.38 Å². The largest absolute Gasteiger partial charge is 0.141 e. The van der Waals surface area contributed by atoms with Crippen molar-refractivity contribution < 1.29 is 0 Å². The highest BCUT2D eigenvalue weighted by molar-refractivity contribution is 6.53. The molecule has 0 N–H and O–H groups in total. The van der Waals surface area contributed by atoms with Crippen molar-refractivity contribution in [1.82, 2.24) is 0 Å². The second-order valence-corrected chi connectivity index (χ2v) is 8.01. The van der Waals surface area contributed by atoms with Crippen molar-refractivity contribution in [3.63, 3.8) is 0 Å². The van der Waals surface area contributed by atoms with Crippen molar-refractivity contribution in [2.45, 2.75) is 21.0 Å². The van der Waals surface area contributed by atoms with Gasteiger partial charge in [-0.3, -0.25) is 0 Å². The van der Waals surface area contributed by atoms with Crippen molar-refractivity contribution in [2.24, 2.45) is 17.3 Å². The number of hydrogen-bond donors (Lipinski definition) is 0. The second kappa shape index (κ2) is 4.95. The van der Waals surface area contributed by atoms with Gasteiger partial charge in [0.2, 0.25) is 0 Å². The SMILES string of the molecule is Cl/C=C1\C2CC([C@H](Cl)C2(Cl)Cl)[C@@]1(CCl)C(Cl)Cl. The fraction of sp³-hybridized carbons (Fsp3) is 0.800. The summed E-state index contributed by atoms with van der Waals surface area (Å²) in [6, 6.07) is 0. The molecular formula is C10H9Cl7. The fourth-order valence-electron chi connectivity index (χ4n) is 3.04. The van der Waals surface area contributed by atoms with Crippen LogP contribution in [0.15, 0.2) is 11.1 Å². The molecule has 2 saturated carbocycles. The number of fused-ring (bicyclic) bond motifs is 2. The van der Waals surface area contributed by atoms with E-state index in [1.807, 2.05) is 0 Å². The lowest BCUT2D eigenvalue weighted by molar-refractivity contribution is 0.283. The van der Waals surface area contributed by atoms with Gasteiger partial charge in [-0.05, 0) is 17.9 Å². The summed E-state index contributed by atoms with van der Waals surface area (Å²) in [5.41, 5.74) is 1.64. The molecule has 0 radical (unpaired) electrons.